The minimum absolute atomic E-state index is 0.0309. The monoisotopic (exact) mass is 338 g/mol. The van der Waals surface area contributed by atoms with Gasteiger partial charge < -0.3 is 0 Å². The van der Waals surface area contributed by atoms with Crippen LogP contribution in [0.1, 0.15) is 0 Å². The molecule has 0 bridgehead atoms. The van der Waals surface area contributed by atoms with Crippen LogP contribution in [-0.2, 0) is 0 Å². The summed E-state index contributed by atoms with van der Waals surface area (Å²) in [7, 11) is 0. The van der Waals surface area contributed by atoms with Crippen LogP contribution in [0.25, 0.3) is 27.1 Å². The van der Waals surface area contributed by atoms with Crippen LogP contribution < -0.4 is 0 Å². The van der Waals surface area contributed by atoms with Crippen molar-refractivity contribution in [1.82, 2.24) is 29.4 Å². The van der Waals surface area contributed by atoms with Crippen molar-refractivity contribution in [3.63, 3.8) is 0 Å². The SMILES string of the molecule is Fc1c(Cl)cccc1-c1nnc2sc(-c3csnn3)nn12. The summed E-state index contributed by atoms with van der Waals surface area (Å²) in [4.78, 5) is 0.548. The zero-order valence-electron chi connectivity index (χ0n) is 10.1. The average molecular weight is 339 g/mol. The molecule has 4 rings (SSSR count). The first-order valence-electron chi connectivity index (χ1n) is 5.68. The second-order valence-electron chi connectivity index (χ2n) is 4.02. The summed E-state index contributed by atoms with van der Waals surface area (Å²) in [6, 6.07) is 4.71. The lowest BCUT2D eigenvalue weighted by Crippen LogP contribution is -1.94. The van der Waals surface area contributed by atoms with Crippen LogP contribution in [0.3, 0.4) is 0 Å². The van der Waals surface area contributed by atoms with Crippen molar-refractivity contribution in [1.29, 1.82) is 0 Å². The molecule has 0 aliphatic rings. The second kappa shape index (κ2) is 4.79. The molecule has 0 spiro atoms. The maximum atomic E-state index is 14.1. The van der Waals surface area contributed by atoms with Crippen molar-refractivity contribution in [3.8, 4) is 22.1 Å². The molecule has 0 saturated heterocycles. The molecule has 0 N–H and O–H groups in total. The Morgan fingerprint density at radius 1 is 1.19 bits per heavy atom. The zero-order valence-corrected chi connectivity index (χ0v) is 12.5. The second-order valence-corrected chi connectivity index (χ2v) is 5.99. The lowest BCUT2D eigenvalue weighted by Gasteiger charge is -2.00. The van der Waals surface area contributed by atoms with Crippen LogP contribution in [0.5, 0.6) is 0 Å². The van der Waals surface area contributed by atoms with Gasteiger partial charge in [-0.15, -0.1) is 15.3 Å². The third-order valence-corrected chi connectivity index (χ3v) is 4.48. The van der Waals surface area contributed by atoms with Crippen molar-refractivity contribution < 1.29 is 4.39 Å². The van der Waals surface area contributed by atoms with E-state index in [2.05, 4.69) is 24.9 Å². The van der Waals surface area contributed by atoms with E-state index in [1.807, 2.05) is 0 Å². The Kier molecular flexibility index (Phi) is 2.91. The number of rotatable bonds is 2. The topological polar surface area (TPSA) is 68.9 Å². The molecule has 0 radical (unpaired) electrons. The van der Waals surface area contributed by atoms with Crippen LogP contribution in [0, 0.1) is 5.82 Å². The van der Waals surface area contributed by atoms with Gasteiger partial charge in [-0.2, -0.15) is 9.61 Å². The van der Waals surface area contributed by atoms with Gasteiger partial charge in [0, 0.05) is 5.38 Å². The molecule has 0 aliphatic heterocycles. The highest BCUT2D eigenvalue weighted by molar-refractivity contribution is 7.20. The Hall–Kier alpha value is -1.97. The highest BCUT2D eigenvalue weighted by Gasteiger charge is 2.19. The van der Waals surface area contributed by atoms with Gasteiger partial charge in [-0.1, -0.05) is 33.5 Å². The molecule has 0 unspecified atom stereocenters. The molecule has 4 aromatic rings. The van der Waals surface area contributed by atoms with E-state index in [0.29, 0.717) is 21.5 Å². The first-order valence-corrected chi connectivity index (χ1v) is 7.71. The van der Waals surface area contributed by atoms with Gasteiger partial charge >= 0.3 is 0 Å². The fourth-order valence-corrected chi connectivity index (χ4v) is 3.31. The molecule has 0 atom stereocenters. The number of hydrogen-bond acceptors (Lipinski definition) is 7. The lowest BCUT2D eigenvalue weighted by molar-refractivity contribution is 0.629. The third-order valence-electron chi connectivity index (χ3n) is 2.76. The van der Waals surface area contributed by atoms with E-state index in [4.69, 9.17) is 11.6 Å². The molecule has 6 nitrogen and oxygen atoms in total. The zero-order chi connectivity index (χ0) is 14.4. The fourth-order valence-electron chi connectivity index (χ4n) is 1.82. The highest BCUT2D eigenvalue weighted by atomic mass is 35.5. The predicted octanol–water partition coefficient (Wildman–Crippen LogP) is 3.16. The van der Waals surface area contributed by atoms with Crippen molar-refractivity contribution in [2.24, 2.45) is 0 Å². The maximum Gasteiger partial charge on any atom is 0.235 e. The molecule has 3 heterocycles. The molecule has 0 amide bonds. The minimum atomic E-state index is -0.543. The Balaban J connectivity index is 1.92. The Morgan fingerprint density at radius 2 is 2.10 bits per heavy atom. The normalized spacial score (nSPS) is 11.3. The van der Waals surface area contributed by atoms with Gasteiger partial charge in [0.15, 0.2) is 16.6 Å². The van der Waals surface area contributed by atoms with Crippen LogP contribution in [-0.4, -0.2) is 29.4 Å². The van der Waals surface area contributed by atoms with Gasteiger partial charge in [0.2, 0.25) is 4.96 Å². The van der Waals surface area contributed by atoms with E-state index in [0.717, 1.165) is 0 Å². The van der Waals surface area contributed by atoms with Crippen molar-refractivity contribution in [2.75, 3.05) is 0 Å². The van der Waals surface area contributed by atoms with Gasteiger partial charge in [0.05, 0.1) is 10.6 Å². The van der Waals surface area contributed by atoms with Gasteiger partial charge in [0.1, 0.15) is 5.69 Å². The summed E-state index contributed by atoms with van der Waals surface area (Å²) in [5.74, 6) is -0.242. The molecule has 104 valence electrons. The van der Waals surface area contributed by atoms with Gasteiger partial charge in [-0.05, 0) is 23.7 Å². The third kappa shape index (κ3) is 2.01. The first-order chi connectivity index (χ1) is 10.2. The summed E-state index contributed by atoms with van der Waals surface area (Å²) in [6.45, 7) is 0. The molecule has 0 saturated carbocycles. The van der Waals surface area contributed by atoms with Crippen molar-refractivity contribution >= 4 is 39.4 Å². The average Bonchev–Trinajstić information content (AvgIpc) is 3.16. The van der Waals surface area contributed by atoms with Crippen molar-refractivity contribution in [3.05, 3.63) is 34.4 Å². The summed E-state index contributed by atoms with van der Waals surface area (Å²) < 4.78 is 19.4. The molecule has 21 heavy (non-hydrogen) atoms. The number of hydrogen-bond donors (Lipinski definition) is 0. The van der Waals surface area contributed by atoms with Crippen LogP contribution in [0.4, 0.5) is 4.39 Å². The lowest BCUT2D eigenvalue weighted by atomic mass is 10.2. The number of nitrogens with zero attached hydrogens (tertiary/aromatic N) is 6. The predicted molar refractivity (Wildman–Crippen MR) is 78.0 cm³/mol. The van der Waals surface area contributed by atoms with E-state index in [1.165, 1.54) is 33.5 Å². The summed E-state index contributed by atoms with van der Waals surface area (Å²) >= 11 is 8.34. The standard InChI is InChI=1S/C11H4ClFN6S2/c12-6-3-1-2-5(8(6)13)9-15-16-11-19(9)17-10(21-11)7-4-20-18-14-7/h1-4H. The summed E-state index contributed by atoms with van der Waals surface area (Å²) in [6.07, 6.45) is 0. The smallest absolute Gasteiger partial charge is 0.205 e. The van der Waals surface area contributed by atoms with E-state index in [9.17, 15) is 4.39 Å². The van der Waals surface area contributed by atoms with Crippen LogP contribution in [0.15, 0.2) is 23.6 Å². The molecule has 0 aliphatic carbocycles. The molecular weight excluding hydrogens is 335 g/mol. The Morgan fingerprint density at radius 3 is 2.90 bits per heavy atom. The highest BCUT2D eigenvalue weighted by Crippen LogP contribution is 2.30. The minimum Gasteiger partial charge on any atom is -0.205 e. The molecule has 3 aromatic heterocycles. The summed E-state index contributed by atoms with van der Waals surface area (Å²) in [5.41, 5.74) is 0.913. The first kappa shape index (κ1) is 12.7. The Labute approximate surface area is 130 Å². The number of halogens is 2. The van der Waals surface area contributed by atoms with Gasteiger partial charge in [0.25, 0.3) is 0 Å². The Bertz CT molecular complexity index is 932. The molecule has 1 aromatic carbocycles. The molecular formula is C11H4ClFN6S2. The van der Waals surface area contributed by atoms with Gasteiger partial charge in [-0.25, -0.2) is 4.39 Å². The fraction of sp³-hybridized carbons (Fsp3) is 0. The van der Waals surface area contributed by atoms with E-state index in [1.54, 1.807) is 17.5 Å². The van der Waals surface area contributed by atoms with E-state index in [-0.39, 0.29) is 10.6 Å². The van der Waals surface area contributed by atoms with E-state index < -0.39 is 5.82 Å². The summed E-state index contributed by atoms with van der Waals surface area (Å²) in [5, 5.41) is 18.8. The molecule has 0 fully saturated rings. The largest absolute Gasteiger partial charge is 0.235 e. The quantitative estimate of drug-likeness (QED) is 0.561. The van der Waals surface area contributed by atoms with Gasteiger partial charge in [-0.3, -0.25) is 0 Å². The number of aromatic nitrogens is 6. The maximum absolute atomic E-state index is 14.1. The number of benzene rings is 1. The van der Waals surface area contributed by atoms with E-state index >= 15 is 0 Å². The van der Waals surface area contributed by atoms with Crippen LogP contribution in [0.2, 0.25) is 5.02 Å². The molecule has 10 heteroatoms. The van der Waals surface area contributed by atoms with Crippen molar-refractivity contribution in [2.45, 2.75) is 0 Å². The number of fused-ring (bicyclic) bond motifs is 1. The van der Waals surface area contributed by atoms with Crippen LogP contribution >= 0.6 is 34.5 Å².